The van der Waals surface area contributed by atoms with Crippen molar-refractivity contribution >= 4 is 33.3 Å². The van der Waals surface area contributed by atoms with Crippen molar-refractivity contribution in [2.45, 2.75) is 31.7 Å². The first-order chi connectivity index (χ1) is 9.22. The van der Waals surface area contributed by atoms with E-state index in [9.17, 15) is 0 Å². The summed E-state index contributed by atoms with van der Waals surface area (Å²) < 4.78 is 1.20. The van der Waals surface area contributed by atoms with Crippen LogP contribution in [0.4, 0.5) is 11.8 Å². The normalized spacial score (nSPS) is 19.5. The molecule has 3 heterocycles. The number of hydrogen-bond donors (Lipinski definition) is 2. The Bertz CT molecular complexity index is 644. The van der Waals surface area contributed by atoms with Gasteiger partial charge in [0.2, 0.25) is 5.95 Å². The average Bonchev–Trinajstić information content (AvgIpc) is 2.73. The van der Waals surface area contributed by atoms with Gasteiger partial charge in [-0.3, -0.25) is 0 Å². The quantitative estimate of drug-likeness (QED) is 0.820. The molecule has 19 heavy (non-hydrogen) atoms. The number of nitrogens with two attached hydrogens (primary N) is 2. The van der Waals surface area contributed by atoms with E-state index in [0.29, 0.717) is 5.95 Å². The van der Waals surface area contributed by atoms with Crippen LogP contribution in [0.3, 0.4) is 0 Å². The number of nitrogen functional groups attached to an aromatic ring is 1. The van der Waals surface area contributed by atoms with Gasteiger partial charge in [0.25, 0.3) is 0 Å². The third kappa shape index (κ3) is 1.70. The minimum atomic E-state index is 0.265. The van der Waals surface area contributed by atoms with E-state index in [0.717, 1.165) is 30.8 Å². The highest BCUT2D eigenvalue weighted by molar-refractivity contribution is 7.19. The number of aryl methyl sites for hydroxylation is 2. The lowest BCUT2D eigenvalue weighted by atomic mass is 9.98. The fourth-order valence-corrected chi connectivity index (χ4v) is 4.36. The molecule has 0 saturated carbocycles. The molecule has 5 nitrogen and oxygen atoms in total. The highest BCUT2D eigenvalue weighted by Crippen LogP contribution is 2.40. The van der Waals surface area contributed by atoms with E-state index in [1.54, 1.807) is 0 Å². The number of fused-ring (bicyclic) bond motifs is 3. The zero-order valence-corrected chi connectivity index (χ0v) is 11.5. The first-order valence-electron chi connectivity index (χ1n) is 6.80. The predicted molar refractivity (Wildman–Crippen MR) is 78.7 cm³/mol. The first-order valence-corrected chi connectivity index (χ1v) is 7.62. The fraction of sp³-hybridized carbons (Fsp3) is 0.538. The third-order valence-corrected chi connectivity index (χ3v) is 5.28. The van der Waals surface area contributed by atoms with Gasteiger partial charge in [0.05, 0.1) is 10.2 Å². The van der Waals surface area contributed by atoms with Crippen LogP contribution < -0.4 is 16.4 Å². The number of nitrogens with zero attached hydrogens (tertiary/aromatic N) is 3. The van der Waals surface area contributed by atoms with Gasteiger partial charge in [-0.25, -0.2) is 4.98 Å². The SMILES string of the molecule is Nc1nc(N2CC(N)C2)c2sc3c(c2n1)CCCC3. The molecular formula is C13H17N5S. The Kier molecular flexibility index (Phi) is 2.43. The van der Waals surface area contributed by atoms with E-state index in [2.05, 4.69) is 14.9 Å². The molecule has 2 aromatic rings. The second-order valence-electron chi connectivity index (χ2n) is 5.46. The summed E-state index contributed by atoms with van der Waals surface area (Å²) in [7, 11) is 0. The molecule has 100 valence electrons. The van der Waals surface area contributed by atoms with Crippen LogP contribution in [-0.2, 0) is 12.8 Å². The zero-order chi connectivity index (χ0) is 13.0. The molecule has 0 amide bonds. The topological polar surface area (TPSA) is 81.1 Å². The Balaban J connectivity index is 1.90. The maximum Gasteiger partial charge on any atom is 0.222 e. The Morgan fingerprint density at radius 1 is 1.16 bits per heavy atom. The molecule has 0 spiro atoms. The van der Waals surface area contributed by atoms with Crippen LogP contribution in [0, 0.1) is 0 Å². The summed E-state index contributed by atoms with van der Waals surface area (Å²) in [5, 5.41) is 0. The first kappa shape index (κ1) is 11.4. The molecule has 1 saturated heterocycles. The second-order valence-corrected chi connectivity index (χ2v) is 6.56. The minimum absolute atomic E-state index is 0.265. The van der Waals surface area contributed by atoms with Crippen molar-refractivity contribution in [2.24, 2.45) is 5.73 Å². The van der Waals surface area contributed by atoms with Gasteiger partial charge in [-0.05, 0) is 31.2 Å². The van der Waals surface area contributed by atoms with Gasteiger partial charge in [0.15, 0.2) is 5.82 Å². The van der Waals surface area contributed by atoms with Gasteiger partial charge in [-0.15, -0.1) is 11.3 Å². The summed E-state index contributed by atoms with van der Waals surface area (Å²) in [5.74, 6) is 1.37. The predicted octanol–water partition coefficient (Wildman–Crippen LogP) is 1.30. The van der Waals surface area contributed by atoms with Gasteiger partial charge in [0, 0.05) is 24.0 Å². The smallest absolute Gasteiger partial charge is 0.222 e. The molecule has 2 aromatic heterocycles. The minimum Gasteiger partial charge on any atom is -0.368 e. The largest absolute Gasteiger partial charge is 0.368 e. The van der Waals surface area contributed by atoms with E-state index < -0.39 is 0 Å². The molecule has 0 atom stereocenters. The standard InChI is InChI=1S/C13H17N5S/c14-7-5-18(6-7)12-11-10(16-13(15)17-12)8-3-1-2-4-9(8)19-11/h7H,1-6,14H2,(H2,15,16,17). The van der Waals surface area contributed by atoms with Crippen molar-refractivity contribution in [1.29, 1.82) is 0 Å². The summed E-state index contributed by atoms with van der Waals surface area (Å²) in [6.45, 7) is 1.74. The number of aromatic nitrogens is 2. The van der Waals surface area contributed by atoms with Gasteiger partial charge in [-0.2, -0.15) is 4.98 Å². The maximum absolute atomic E-state index is 5.89. The van der Waals surface area contributed by atoms with Gasteiger partial charge < -0.3 is 16.4 Å². The summed E-state index contributed by atoms with van der Waals surface area (Å²) in [6, 6.07) is 0.265. The van der Waals surface area contributed by atoms with E-state index >= 15 is 0 Å². The van der Waals surface area contributed by atoms with Gasteiger partial charge in [-0.1, -0.05) is 0 Å². The summed E-state index contributed by atoms with van der Waals surface area (Å²) >= 11 is 1.85. The summed E-state index contributed by atoms with van der Waals surface area (Å²) in [4.78, 5) is 12.6. The Morgan fingerprint density at radius 2 is 1.95 bits per heavy atom. The second kappa shape index (κ2) is 4.05. The van der Waals surface area contributed by atoms with E-state index in [-0.39, 0.29) is 6.04 Å². The monoisotopic (exact) mass is 275 g/mol. The van der Waals surface area contributed by atoms with Crippen molar-refractivity contribution in [3.63, 3.8) is 0 Å². The Hall–Kier alpha value is -1.40. The highest BCUT2D eigenvalue weighted by Gasteiger charge is 2.29. The lowest BCUT2D eigenvalue weighted by molar-refractivity contribution is 0.516. The highest BCUT2D eigenvalue weighted by atomic mass is 32.1. The summed E-state index contributed by atoms with van der Waals surface area (Å²) in [5.41, 5.74) is 14.3. The fourth-order valence-electron chi connectivity index (χ4n) is 3.02. The van der Waals surface area contributed by atoms with Crippen molar-refractivity contribution in [2.75, 3.05) is 23.7 Å². The van der Waals surface area contributed by atoms with Crippen LogP contribution in [-0.4, -0.2) is 29.1 Å². The van der Waals surface area contributed by atoms with Gasteiger partial charge >= 0.3 is 0 Å². The van der Waals surface area contributed by atoms with Crippen molar-refractivity contribution in [1.82, 2.24) is 9.97 Å². The molecule has 6 heteroatoms. The van der Waals surface area contributed by atoms with Gasteiger partial charge in [0.1, 0.15) is 0 Å². The molecule has 2 aliphatic rings. The Morgan fingerprint density at radius 3 is 2.74 bits per heavy atom. The zero-order valence-electron chi connectivity index (χ0n) is 10.7. The average molecular weight is 275 g/mol. The summed E-state index contributed by atoms with van der Waals surface area (Å²) in [6.07, 6.45) is 4.85. The molecule has 4 N–H and O–H groups in total. The lowest BCUT2D eigenvalue weighted by Gasteiger charge is -2.37. The van der Waals surface area contributed by atoms with Crippen LogP contribution in [0.1, 0.15) is 23.3 Å². The molecule has 0 bridgehead atoms. The van der Waals surface area contributed by atoms with Crippen LogP contribution in [0.5, 0.6) is 0 Å². The number of thiophene rings is 1. The van der Waals surface area contributed by atoms with Crippen LogP contribution in [0.2, 0.25) is 0 Å². The molecule has 4 rings (SSSR count). The van der Waals surface area contributed by atoms with Crippen LogP contribution >= 0.6 is 11.3 Å². The molecule has 1 fully saturated rings. The molecule has 0 aromatic carbocycles. The third-order valence-electron chi connectivity index (χ3n) is 4.00. The molecular weight excluding hydrogens is 258 g/mol. The Labute approximate surface area is 115 Å². The molecule has 0 radical (unpaired) electrons. The van der Waals surface area contributed by atoms with E-state index in [1.165, 1.54) is 34.4 Å². The number of hydrogen-bond acceptors (Lipinski definition) is 6. The molecule has 1 aliphatic heterocycles. The maximum atomic E-state index is 5.89. The molecule has 0 unspecified atom stereocenters. The van der Waals surface area contributed by atoms with Crippen LogP contribution in [0.15, 0.2) is 0 Å². The lowest BCUT2D eigenvalue weighted by Crippen LogP contribution is -2.56. The van der Waals surface area contributed by atoms with E-state index in [4.69, 9.17) is 11.5 Å². The van der Waals surface area contributed by atoms with Crippen LogP contribution in [0.25, 0.3) is 10.2 Å². The van der Waals surface area contributed by atoms with Crippen molar-refractivity contribution in [3.8, 4) is 0 Å². The number of rotatable bonds is 1. The van der Waals surface area contributed by atoms with E-state index in [1.807, 2.05) is 11.3 Å². The number of anilines is 2. The van der Waals surface area contributed by atoms with Crippen molar-refractivity contribution < 1.29 is 0 Å². The molecule has 1 aliphatic carbocycles. The van der Waals surface area contributed by atoms with Crippen molar-refractivity contribution in [3.05, 3.63) is 10.4 Å².